The maximum atomic E-state index is 12.8. The number of esters is 1. The predicted molar refractivity (Wildman–Crippen MR) is 79.2 cm³/mol. The largest absolute Gasteiger partial charge is 0.465 e. The predicted octanol–water partition coefficient (Wildman–Crippen LogP) is 3.02. The van der Waals surface area contributed by atoms with Crippen LogP contribution in [0.3, 0.4) is 0 Å². The molecule has 0 bridgehead atoms. The third kappa shape index (κ3) is 2.94. The smallest absolute Gasteiger partial charge is 0.337 e. The number of nitrogens with zero attached hydrogens (tertiary/aromatic N) is 1. The molecule has 4 nitrogen and oxygen atoms in total. The molecule has 0 aromatic heterocycles. The van der Waals surface area contributed by atoms with Gasteiger partial charge in [0, 0.05) is 17.6 Å². The number of amides is 1. The van der Waals surface area contributed by atoms with E-state index in [0.717, 1.165) is 25.7 Å². The van der Waals surface area contributed by atoms with Gasteiger partial charge in [0.1, 0.15) is 0 Å². The fourth-order valence-electron chi connectivity index (χ4n) is 3.18. The summed E-state index contributed by atoms with van der Waals surface area (Å²) in [4.78, 5) is 26.3. The lowest BCUT2D eigenvalue weighted by Crippen LogP contribution is -2.40. The first-order chi connectivity index (χ1) is 10.2. The lowest BCUT2D eigenvalue weighted by atomic mass is 10.1. The van der Waals surface area contributed by atoms with Gasteiger partial charge in [0.2, 0.25) is 0 Å². The van der Waals surface area contributed by atoms with Crippen LogP contribution in [0.15, 0.2) is 24.3 Å². The van der Waals surface area contributed by atoms with Crippen LogP contribution in [0.5, 0.6) is 0 Å². The molecule has 2 aliphatic carbocycles. The van der Waals surface area contributed by atoms with E-state index >= 15 is 0 Å². The van der Waals surface area contributed by atoms with Gasteiger partial charge in [-0.2, -0.15) is 0 Å². The number of methoxy groups -OCH3 is 1. The van der Waals surface area contributed by atoms with E-state index in [9.17, 15) is 9.59 Å². The molecule has 1 aromatic rings. The van der Waals surface area contributed by atoms with Crippen molar-refractivity contribution in [3.63, 3.8) is 0 Å². The highest BCUT2D eigenvalue weighted by atomic mass is 16.5. The number of ether oxygens (including phenoxy) is 1. The molecule has 2 fully saturated rings. The fraction of sp³-hybridized carbons (Fsp3) is 0.529. The Morgan fingerprint density at radius 1 is 0.952 bits per heavy atom. The molecule has 0 N–H and O–H groups in total. The molecule has 0 spiro atoms. The van der Waals surface area contributed by atoms with E-state index in [-0.39, 0.29) is 11.9 Å². The normalized spacial score (nSPS) is 18.5. The Labute approximate surface area is 125 Å². The molecule has 1 amide bonds. The van der Waals surface area contributed by atoms with E-state index in [1.165, 1.54) is 20.0 Å². The third-order valence-electron chi connectivity index (χ3n) is 4.45. The Morgan fingerprint density at radius 3 is 2.00 bits per heavy atom. The molecule has 3 rings (SSSR count). The highest BCUT2D eigenvalue weighted by Gasteiger charge is 2.38. The first-order valence-electron chi connectivity index (χ1n) is 7.71. The van der Waals surface area contributed by atoms with Gasteiger partial charge in [-0.1, -0.05) is 12.8 Å². The number of carbonyl (C=O) groups excluding carboxylic acids is 2. The van der Waals surface area contributed by atoms with E-state index in [1.54, 1.807) is 24.3 Å². The van der Waals surface area contributed by atoms with Crippen molar-refractivity contribution in [2.45, 2.75) is 50.6 Å². The summed E-state index contributed by atoms with van der Waals surface area (Å²) < 4.78 is 4.68. The minimum atomic E-state index is -0.371. The number of hydrogen-bond acceptors (Lipinski definition) is 3. The molecular weight excluding hydrogens is 266 g/mol. The van der Waals surface area contributed by atoms with E-state index in [1.807, 2.05) is 0 Å². The van der Waals surface area contributed by atoms with Crippen molar-refractivity contribution >= 4 is 11.9 Å². The second kappa shape index (κ2) is 5.88. The van der Waals surface area contributed by atoms with Gasteiger partial charge in [0.05, 0.1) is 12.7 Å². The maximum Gasteiger partial charge on any atom is 0.337 e. The molecule has 0 aliphatic heterocycles. The molecule has 2 aliphatic rings. The van der Waals surface area contributed by atoms with Crippen molar-refractivity contribution < 1.29 is 14.3 Å². The highest BCUT2D eigenvalue weighted by molar-refractivity contribution is 5.96. The molecule has 1 aromatic carbocycles. The van der Waals surface area contributed by atoms with Gasteiger partial charge in [0.25, 0.3) is 5.91 Å². The van der Waals surface area contributed by atoms with Gasteiger partial charge in [-0.05, 0) is 49.9 Å². The van der Waals surface area contributed by atoms with Crippen LogP contribution in [0.1, 0.15) is 59.2 Å². The van der Waals surface area contributed by atoms with E-state index < -0.39 is 0 Å². The summed E-state index contributed by atoms with van der Waals surface area (Å²) in [7, 11) is 1.36. The molecule has 0 saturated heterocycles. The summed E-state index contributed by atoms with van der Waals surface area (Å²) in [5, 5.41) is 0. The average Bonchev–Trinajstić information content (AvgIpc) is 3.21. The summed E-state index contributed by atoms with van der Waals surface area (Å²) in [6.07, 6.45) is 6.96. The van der Waals surface area contributed by atoms with Crippen LogP contribution in [-0.4, -0.2) is 36.0 Å². The van der Waals surface area contributed by atoms with Crippen LogP contribution in [0.25, 0.3) is 0 Å². The standard InChI is InChI=1S/C17H21NO3/c1-21-17(20)13-8-6-12(7-9-13)16(19)18(15-10-11-15)14-4-2-3-5-14/h6-9,14-15H,2-5,10-11H2,1H3. The zero-order chi connectivity index (χ0) is 14.8. The van der Waals surface area contributed by atoms with Gasteiger partial charge in [0.15, 0.2) is 0 Å². The lowest BCUT2D eigenvalue weighted by Gasteiger charge is -2.29. The second-order valence-corrected chi connectivity index (χ2v) is 5.95. The van der Waals surface area contributed by atoms with Crippen molar-refractivity contribution in [1.82, 2.24) is 4.90 Å². The van der Waals surface area contributed by atoms with E-state index in [0.29, 0.717) is 23.2 Å². The SMILES string of the molecule is COC(=O)c1ccc(C(=O)N(C2CCCC2)C2CC2)cc1. The average molecular weight is 287 g/mol. The first-order valence-corrected chi connectivity index (χ1v) is 7.71. The van der Waals surface area contributed by atoms with Gasteiger partial charge in [-0.3, -0.25) is 4.79 Å². The summed E-state index contributed by atoms with van der Waals surface area (Å²) in [6.45, 7) is 0. The lowest BCUT2D eigenvalue weighted by molar-refractivity contribution is 0.0598. The van der Waals surface area contributed by atoms with E-state index in [2.05, 4.69) is 9.64 Å². The molecule has 2 saturated carbocycles. The minimum Gasteiger partial charge on any atom is -0.465 e. The Balaban J connectivity index is 1.77. The van der Waals surface area contributed by atoms with Gasteiger partial charge in [-0.25, -0.2) is 4.79 Å². The summed E-state index contributed by atoms with van der Waals surface area (Å²) in [6, 6.07) is 7.64. The Hall–Kier alpha value is -1.84. The number of hydrogen-bond donors (Lipinski definition) is 0. The number of rotatable bonds is 4. The zero-order valence-electron chi connectivity index (χ0n) is 12.4. The van der Waals surface area contributed by atoms with Gasteiger partial charge < -0.3 is 9.64 Å². The Bertz CT molecular complexity index is 527. The minimum absolute atomic E-state index is 0.112. The highest BCUT2D eigenvalue weighted by Crippen LogP contribution is 2.35. The summed E-state index contributed by atoms with van der Waals surface area (Å²) in [5.74, 6) is -0.260. The second-order valence-electron chi connectivity index (χ2n) is 5.95. The summed E-state index contributed by atoms with van der Waals surface area (Å²) >= 11 is 0. The fourth-order valence-corrected chi connectivity index (χ4v) is 3.18. The first kappa shape index (κ1) is 14.1. The number of benzene rings is 1. The molecule has 4 heteroatoms. The maximum absolute atomic E-state index is 12.8. The van der Waals surface area contributed by atoms with Gasteiger partial charge in [-0.15, -0.1) is 0 Å². The molecule has 112 valence electrons. The Morgan fingerprint density at radius 2 is 1.48 bits per heavy atom. The van der Waals surface area contributed by atoms with Crippen molar-refractivity contribution in [2.75, 3.05) is 7.11 Å². The molecule has 0 heterocycles. The van der Waals surface area contributed by atoms with E-state index in [4.69, 9.17) is 0 Å². The van der Waals surface area contributed by atoms with Crippen LogP contribution in [0, 0.1) is 0 Å². The molecule has 0 unspecified atom stereocenters. The van der Waals surface area contributed by atoms with Crippen LogP contribution in [-0.2, 0) is 4.74 Å². The van der Waals surface area contributed by atoms with Crippen molar-refractivity contribution in [3.05, 3.63) is 35.4 Å². The van der Waals surface area contributed by atoms with Crippen LogP contribution in [0.2, 0.25) is 0 Å². The third-order valence-corrected chi connectivity index (χ3v) is 4.45. The van der Waals surface area contributed by atoms with Crippen molar-refractivity contribution in [2.24, 2.45) is 0 Å². The van der Waals surface area contributed by atoms with Crippen molar-refractivity contribution in [3.8, 4) is 0 Å². The van der Waals surface area contributed by atoms with Crippen LogP contribution < -0.4 is 0 Å². The van der Waals surface area contributed by atoms with Crippen LogP contribution in [0.4, 0.5) is 0 Å². The van der Waals surface area contributed by atoms with Crippen molar-refractivity contribution in [1.29, 1.82) is 0 Å². The molecule has 0 atom stereocenters. The molecule has 21 heavy (non-hydrogen) atoms. The monoisotopic (exact) mass is 287 g/mol. The number of carbonyl (C=O) groups is 2. The molecule has 0 radical (unpaired) electrons. The zero-order valence-corrected chi connectivity index (χ0v) is 12.4. The molecular formula is C17H21NO3. The quantitative estimate of drug-likeness (QED) is 0.800. The Kier molecular flexibility index (Phi) is 3.95. The van der Waals surface area contributed by atoms with Gasteiger partial charge >= 0.3 is 5.97 Å². The van der Waals surface area contributed by atoms with Crippen LogP contribution >= 0.6 is 0 Å². The topological polar surface area (TPSA) is 46.6 Å². The summed E-state index contributed by atoms with van der Waals surface area (Å²) in [5.41, 5.74) is 1.15.